The Morgan fingerprint density at radius 1 is 1.00 bits per heavy atom. The van der Waals surface area contributed by atoms with Gasteiger partial charge in [0.05, 0.1) is 18.5 Å². The van der Waals surface area contributed by atoms with Gasteiger partial charge in [-0.25, -0.2) is 9.97 Å². The molecule has 0 aliphatic rings. The minimum absolute atomic E-state index is 0.256. The van der Waals surface area contributed by atoms with E-state index in [-0.39, 0.29) is 5.56 Å². The van der Waals surface area contributed by atoms with Crippen LogP contribution in [0.15, 0.2) is 59.4 Å². The highest BCUT2D eigenvalue weighted by atomic mass is 16.5. The van der Waals surface area contributed by atoms with E-state index >= 15 is 0 Å². The SMILES string of the molecule is COc1cccc(-c2cc(=O)[nH]c(Nc3ccccc3)n2)n1. The maximum Gasteiger partial charge on any atom is 0.252 e. The number of aromatic nitrogens is 3. The topological polar surface area (TPSA) is 79.9 Å². The first kappa shape index (κ1) is 13.8. The standard InChI is InChI=1S/C16H14N4O2/c1-22-15-9-5-8-12(18-15)13-10-14(21)20-16(19-13)17-11-6-3-2-4-7-11/h2-10H,1H3,(H2,17,19,20,21). The maximum absolute atomic E-state index is 11.8. The van der Waals surface area contributed by atoms with E-state index in [0.717, 1.165) is 5.69 Å². The third kappa shape index (κ3) is 3.12. The number of benzene rings is 1. The zero-order valence-electron chi connectivity index (χ0n) is 11.9. The van der Waals surface area contributed by atoms with E-state index < -0.39 is 0 Å². The second kappa shape index (κ2) is 6.09. The van der Waals surface area contributed by atoms with Gasteiger partial charge in [-0.15, -0.1) is 0 Å². The monoisotopic (exact) mass is 294 g/mol. The Balaban J connectivity index is 1.97. The molecule has 3 rings (SSSR count). The Kier molecular flexibility index (Phi) is 3.82. The second-order valence-corrected chi connectivity index (χ2v) is 4.54. The number of aromatic amines is 1. The van der Waals surface area contributed by atoms with Crippen molar-refractivity contribution < 1.29 is 4.74 Å². The molecule has 2 aromatic heterocycles. The van der Waals surface area contributed by atoms with E-state index in [9.17, 15) is 4.79 Å². The van der Waals surface area contributed by atoms with Crippen LogP contribution in [-0.2, 0) is 0 Å². The van der Waals surface area contributed by atoms with Gasteiger partial charge in [-0.05, 0) is 18.2 Å². The Labute approximate surface area is 126 Å². The molecule has 22 heavy (non-hydrogen) atoms. The van der Waals surface area contributed by atoms with Crippen LogP contribution in [-0.4, -0.2) is 22.1 Å². The Morgan fingerprint density at radius 3 is 2.59 bits per heavy atom. The molecule has 110 valence electrons. The highest BCUT2D eigenvalue weighted by Crippen LogP contribution is 2.18. The molecule has 0 amide bonds. The van der Waals surface area contributed by atoms with Gasteiger partial charge in [0.15, 0.2) is 0 Å². The molecule has 6 nitrogen and oxygen atoms in total. The van der Waals surface area contributed by atoms with Gasteiger partial charge in [-0.2, -0.15) is 0 Å². The van der Waals surface area contributed by atoms with Crippen molar-refractivity contribution in [2.45, 2.75) is 0 Å². The molecule has 0 bridgehead atoms. The van der Waals surface area contributed by atoms with Gasteiger partial charge in [0.25, 0.3) is 5.56 Å². The van der Waals surface area contributed by atoms with Crippen LogP contribution in [0.5, 0.6) is 5.88 Å². The summed E-state index contributed by atoms with van der Waals surface area (Å²) >= 11 is 0. The molecule has 1 aromatic carbocycles. The summed E-state index contributed by atoms with van der Waals surface area (Å²) in [6.45, 7) is 0. The van der Waals surface area contributed by atoms with Crippen LogP contribution < -0.4 is 15.6 Å². The van der Waals surface area contributed by atoms with Gasteiger partial charge in [-0.3, -0.25) is 9.78 Å². The molecule has 0 fully saturated rings. The molecule has 0 saturated heterocycles. The predicted molar refractivity (Wildman–Crippen MR) is 84.4 cm³/mol. The Morgan fingerprint density at radius 2 is 1.82 bits per heavy atom. The summed E-state index contributed by atoms with van der Waals surface area (Å²) in [4.78, 5) is 23.2. The molecule has 0 atom stereocenters. The van der Waals surface area contributed by atoms with Crippen molar-refractivity contribution in [2.24, 2.45) is 0 Å². The molecule has 2 heterocycles. The summed E-state index contributed by atoms with van der Waals surface area (Å²) in [5.74, 6) is 0.829. The fourth-order valence-corrected chi connectivity index (χ4v) is 1.98. The number of hydrogen-bond donors (Lipinski definition) is 2. The Bertz CT molecular complexity index is 831. The average Bonchev–Trinajstić information content (AvgIpc) is 2.55. The number of methoxy groups -OCH3 is 1. The van der Waals surface area contributed by atoms with E-state index in [1.807, 2.05) is 30.3 Å². The van der Waals surface area contributed by atoms with Crippen LogP contribution in [0.25, 0.3) is 11.4 Å². The summed E-state index contributed by atoms with van der Waals surface area (Å²) in [5.41, 5.74) is 1.62. The number of para-hydroxylation sites is 1. The van der Waals surface area contributed by atoms with Crippen LogP contribution in [0.4, 0.5) is 11.6 Å². The van der Waals surface area contributed by atoms with Gasteiger partial charge in [-0.1, -0.05) is 24.3 Å². The smallest absolute Gasteiger partial charge is 0.252 e. The highest BCUT2D eigenvalue weighted by molar-refractivity contribution is 5.59. The van der Waals surface area contributed by atoms with Crippen molar-refractivity contribution in [1.29, 1.82) is 0 Å². The fourth-order valence-electron chi connectivity index (χ4n) is 1.98. The van der Waals surface area contributed by atoms with E-state index in [1.54, 1.807) is 25.3 Å². The van der Waals surface area contributed by atoms with Crippen molar-refractivity contribution >= 4 is 11.6 Å². The first-order valence-corrected chi connectivity index (χ1v) is 6.69. The molecule has 0 aliphatic carbocycles. The van der Waals surface area contributed by atoms with Crippen LogP contribution in [0.3, 0.4) is 0 Å². The third-order valence-electron chi connectivity index (χ3n) is 2.97. The fraction of sp³-hybridized carbons (Fsp3) is 0.0625. The zero-order chi connectivity index (χ0) is 15.4. The Hall–Kier alpha value is -3.15. The second-order valence-electron chi connectivity index (χ2n) is 4.54. The van der Waals surface area contributed by atoms with Gasteiger partial charge in [0, 0.05) is 17.8 Å². The summed E-state index contributed by atoms with van der Waals surface area (Å²) in [6, 6.07) is 16.2. The summed E-state index contributed by atoms with van der Waals surface area (Å²) < 4.78 is 5.09. The molecular weight excluding hydrogens is 280 g/mol. The van der Waals surface area contributed by atoms with Gasteiger partial charge in [0.2, 0.25) is 11.8 Å². The van der Waals surface area contributed by atoms with Crippen molar-refractivity contribution in [3.8, 4) is 17.3 Å². The van der Waals surface area contributed by atoms with Crippen LogP contribution >= 0.6 is 0 Å². The molecule has 2 N–H and O–H groups in total. The van der Waals surface area contributed by atoms with Crippen LogP contribution in [0, 0.1) is 0 Å². The lowest BCUT2D eigenvalue weighted by molar-refractivity contribution is 0.398. The molecule has 0 radical (unpaired) electrons. The van der Waals surface area contributed by atoms with Gasteiger partial charge in [0.1, 0.15) is 0 Å². The third-order valence-corrected chi connectivity index (χ3v) is 2.97. The largest absolute Gasteiger partial charge is 0.481 e. The van der Waals surface area contributed by atoms with E-state index in [2.05, 4.69) is 20.3 Å². The lowest BCUT2D eigenvalue weighted by atomic mass is 10.2. The predicted octanol–water partition coefficient (Wildman–Crippen LogP) is 2.58. The summed E-state index contributed by atoms with van der Waals surface area (Å²) in [5, 5.41) is 3.06. The molecule has 6 heteroatoms. The number of H-pyrrole nitrogens is 1. The summed E-state index contributed by atoms with van der Waals surface area (Å²) in [6.07, 6.45) is 0. The van der Waals surface area contributed by atoms with Crippen molar-refractivity contribution in [1.82, 2.24) is 15.0 Å². The molecular formula is C16H14N4O2. The van der Waals surface area contributed by atoms with Gasteiger partial charge >= 0.3 is 0 Å². The van der Waals surface area contributed by atoms with E-state index in [1.165, 1.54) is 6.07 Å². The minimum atomic E-state index is -0.256. The number of nitrogens with zero attached hydrogens (tertiary/aromatic N) is 2. The number of rotatable bonds is 4. The lowest BCUT2D eigenvalue weighted by Crippen LogP contribution is -2.10. The van der Waals surface area contributed by atoms with Crippen LogP contribution in [0.1, 0.15) is 0 Å². The first-order chi connectivity index (χ1) is 10.7. The van der Waals surface area contributed by atoms with Crippen molar-refractivity contribution in [2.75, 3.05) is 12.4 Å². The molecule has 0 saturated carbocycles. The van der Waals surface area contributed by atoms with Gasteiger partial charge < -0.3 is 10.1 Å². The number of pyridine rings is 1. The summed E-state index contributed by atoms with van der Waals surface area (Å²) in [7, 11) is 1.54. The molecule has 0 spiro atoms. The normalized spacial score (nSPS) is 10.2. The average molecular weight is 294 g/mol. The first-order valence-electron chi connectivity index (χ1n) is 6.69. The quantitative estimate of drug-likeness (QED) is 0.773. The van der Waals surface area contributed by atoms with E-state index in [4.69, 9.17) is 4.74 Å². The number of hydrogen-bond acceptors (Lipinski definition) is 5. The number of nitrogens with one attached hydrogen (secondary N) is 2. The lowest BCUT2D eigenvalue weighted by Gasteiger charge is -2.07. The van der Waals surface area contributed by atoms with Crippen LogP contribution in [0.2, 0.25) is 0 Å². The number of anilines is 2. The minimum Gasteiger partial charge on any atom is -0.481 e. The maximum atomic E-state index is 11.8. The molecule has 3 aromatic rings. The zero-order valence-corrected chi connectivity index (χ0v) is 11.9. The highest BCUT2D eigenvalue weighted by Gasteiger charge is 2.07. The van der Waals surface area contributed by atoms with Crippen molar-refractivity contribution in [3.63, 3.8) is 0 Å². The number of ether oxygens (including phenoxy) is 1. The molecule has 0 aliphatic heterocycles. The molecule has 0 unspecified atom stereocenters. The van der Waals surface area contributed by atoms with Crippen molar-refractivity contribution in [3.05, 3.63) is 65.0 Å². The van der Waals surface area contributed by atoms with E-state index in [0.29, 0.717) is 23.2 Å².